The summed E-state index contributed by atoms with van der Waals surface area (Å²) < 4.78 is 21.6. The largest absolute Gasteiger partial charge is 0.376 e. The number of hydrogen-bond acceptors (Lipinski definition) is 6. The van der Waals surface area contributed by atoms with E-state index in [9.17, 15) is 14.0 Å². The standard InChI is InChI=1S/C27H31FN4O3S2/c1-27(2,3)25-23-24(20-10-6-12-36-20)37-16-22(34)31(15-21(33)29-14-19-9-5-11-35-19)26(23)32(30-25)18-8-4-7-17(28)13-18/h4,6-8,10,12-13,19,24H,5,9,11,14-16H2,1-3H3,(H,29,33). The van der Waals surface area contributed by atoms with Gasteiger partial charge in [-0.25, -0.2) is 9.07 Å². The minimum absolute atomic E-state index is 0.00317. The molecule has 4 heterocycles. The van der Waals surface area contributed by atoms with Crippen molar-refractivity contribution in [2.75, 3.05) is 30.3 Å². The summed E-state index contributed by atoms with van der Waals surface area (Å²) in [6, 6.07) is 10.2. The lowest BCUT2D eigenvalue weighted by Gasteiger charge is -2.24. The summed E-state index contributed by atoms with van der Waals surface area (Å²) >= 11 is 3.17. The van der Waals surface area contributed by atoms with E-state index in [4.69, 9.17) is 9.84 Å². The van der Waals surface area contributed by atoms with Crippen LogP contribution in [-0.2, 0) is 19.7 Å². The van der Waals surface area contributed by atoms with Gasteiger partial charge in [0.2, 0.25) is 11.8 Å². The Kier molecular flexibility index (Phi) is 7.42. The van der Waals surface area contributed by atoms with Crippen molar-refractivity contribution in [1.82, 2.24) is 15.1 Å². The maximum atomic E-state index is 14.3. The molecule has 2 amide bonds. The van der Waals surface area contributed by atoms with Crippen molar-refractivity contribution in [1.29, 1.82) is 0 Å². The van der Waals surface area contributed by atoms with Gasteiger partial charge in [-0.05, 0) is 42.5 Å². The Morgan fingerprint density at radius 1 is 1.27 bits per heavy atom. The fraction of sp³-hybridized carbons (Fsp3) is 0.444. The van der Waals surface area contributed by atoms with E-state index >= 15 is 0 Å². The molecule has 2 atom stereocenters. The Morgan fingerprint density at radius 3 is 2.78 bits per heavy atom. The highest BCUT2D eigenvalue weighted by molar-refractivity contribution is 8.00. The maximum absolute atomic E-state index is 14.3. The van der Waals surface area contributed by atoms with Crippen molar-refractivity contribution in [3.8, 4) is 5.69 Å². The zero-order valence-corrected chi connectivity index (χ0v) is 22.8. The number of aromatic nitrogens is 2. The topological polar surface area (TPSA) is 76.5 Å². The van der Waals surface area contributed by atoms with Gasteiger partial charge in [0.15, 0.2) is 0 Å². The Morgan fingerprint density at radius 2 is 2.11 bits per heavy atom. The van der Waals surface area contributed by atoms with E-state index in [0.29, 0.717) is 24.7 Å². The van der Waals surface area contributed by atoms with E-state index in [1.807, 2.05) is 11.4 Å². The highest BCUT2D eigenvalue weighted by atomic mass is 32.2. The molecule has 0 aliphatic carbocycles. The number of halogens is 1. The van der Waals surface area contributed by atoms with Crippen LogP contribution in [0.2, 0.25) is 0 Å². The fourth-order valence-electron chi connectivity index (χ4n) is 4.76. The number of anilines is 1. The lowest BCUT2D eigenvalue weighted by Crippen LogP contribution is -2.44. The molecule has 2 aromatic heterocycles. The first-order valence-electron chi connectivity index (χ1n) is 12.5. The molecule has 1 saturated heterocycles. The van der Waals surface area contributed by atoms with Gasteiger partial charge in [-0.1, -0.05) is 32.9 Å². The third-order valence-corrected chi connectivity index (χ3v) is 8.83. The molecule has 0 saturated carbocycles. The van der Waals surface area contributed by atoms with Gasteiger partial charge < -0.3 is 10.1 Å². The lowest BCUT2D eigenvalue weighted by atomic mass is 9.88. The van der Waals surface area contributed by atoms with Crippen LogP contribution in [0.3, 0.4) is 0 Å². The number of carbonyl (C=O) groups excluding carboxylic acids is 2. The third kappa shape index (κ3) is 5.46. The van der Waals surface area contributed by atoms with Crippen LogP contribution < -0.4 is 10.2 Å². The average Bonchev–Trinajstić information content (AvgIpc) is 3.61. The second-order valence-corrected chi connectivity index (χ2v) is 12.4. The number of nitrogens with one attached hydrogen (secondary N) is 1. The second-order valence-electron chi connectivity index (χ2n) is 10.4. The number of fused-ring (bicyclic) bond motifs is 1. The summed E-state index contributed by atoms with van der Waals surface area (Å²) in [6.07, 6.45) is 1.90. The van der Waals surface area contributed by atoms with Crippen LogP contribution in [0.4, 0.5) is 10.2 Å². The molecule has 5 rings (SSSR count). The summed E-state index contributed by atoms with van der Waals surface area (Å²) in [4.78, 5) is 29.3. The molecule has 0 radical (unpaired) electrons. The predicted molar refractivity (Wildman–Crippen MR) is 145 cm³/mol. The molecule has 1 fully saturated rings. The first-order chi connectivity index (χ1) is 17.7. The molecule has 2 aliphatic rings. The van der Waals surface area contributed by atoms with Crippen molar-refractivity contribution in [3.63, 3.8) is 0 Å². The molecule has 2 unspecified atom stereocenters. The third-order valence-electron chi connectivity index (χ3n) is 6.51. The fourth-order valence-corrected chi connectivity index (χ4v) is 6.93. The number of thiophene rings is 1. The zero-order chi connectivity index (χ0) is 26.2. The average molecular weight is 543 g/mol. The smallest absolute Gasteiger partial charge is 0.240 e. The molecule has 1 N–H and O–H groups in total. The number of hydrogen-bond donors (Lipinski definition) is 1. The van der Waals surface area contributed by atoms with Gasteiger partial charge in [0.05, 0.1) is 28.5 Å². The number of carbonyl (C=O) groups is 2. The van der Waals surface area contributed by atoms with E-state index in [-0.39, 0.29) is 40.9 Å². The number of nitrogens with zero attached hydrogens (tertiary/aromatic N) is 3. The van der Waals surface area contributed by atoms with Crippen LogP contribution in [0.5, 0.6) is 0 Å². The molecule has 0 spiro atoms. The zero-order valence-electron chi connectivity index (χ0n) is 21.2. The quantitative estimate of drug-likeness (QED) is 0.483. The molecule has 2 aliphatic heterocycles. The second kappa shape index (κ2) is 10.6. The first-order valence-corrected chi connectivity index (χ1v) is 14.4. The van der Waals surface area contributed by atoms with Crippen LogP contribution >= 0.6 is 23.1 Å². The Hall–Kier alpha value is -2.69. The van der Waals surface area contributed by atoms with Gasteiger partial charge in [-0.2, -0.15) is 5.10 Å². The SMILES string of the molecule is CC(C)(C)c1nn(-c2cccc(F)c2)c2c1C(c1cccs1)SCC(=O)N2CC(=O)NCC1CCCO1. The molecule has 196 valence electrons. The summed E-state index contributed by atoms with van der Waals surface area (Å²) in [7, 11) is 0. The van der Waals surface area contributed by atoms with Gasteiger partial charge in [0.25, 0.3) is 0 Å². The lowest BCUT2D eigenvalue weighted by molar-refractivity contribution is -0.123. The monoisotopic (exact) mass is 542 g/mol. The van der Waals surface area contributed by atoms with Gasteiger partial charge >= 0.3 is 0 Å². The summed E-state index contributed by atoms with van der Waals surface area (Å²) in [5.41, 5.74) is 1.85. The predicted octanol–water partition coefficient (Wildman–Crippen LogP) is 4.83. The van der Waals surface area contributed by atoms with Crippen molar-refractivity contribution in [3.05, 3.63) is 63.7 Å². The maximum Gasteiger partial charge on any atom is 0.240 e. The van der Waals surface area contributed by atoms with E-state index in [1.54, 1.807) is 28.2 Å². The van der Waals surface area contributed by atoms with Crippen molar-refractivity contribution < 1.29 is 18.7 Å². The molecular weight excluding hydrogens is 511 g/mol. The van der Waals surface area contributed by atoms with Gasteiger partial charge in [-0.15, -0.1) is 23.1 Å². The normalized spacial score (nSPS) is 20.1. The van der Waals surface area contributed by atoms with Crippen LogP contribution in [-0.4, -0.2) is 53.1 Å². The van der Waals surface area contributed by atoms with E-state index in [2.05, 4.69) is 32.2 Å². The summed E-state index contributed by atoms with van der Waals surface area (Å²) in [5.74, 6) is -0.113. The number of amides is 2. The number of ether oxygens (including phenoxy) is 1. The van der Waals surface area contributed by atoms with Gasteiger partial charge in [0, 0.05) is 29.0 Å². The summed E-state index contributed by atoms with van der Waals surface area (Å²) in [6.45, 7) is 7.20. The van der Waals surface area contributed by atoms with Crippen LogP contribution in [0.15, 0.2) is 41.8 Å². The first kappa shape index (κ1) is 25.9. The van der Waals surface area contributed by atoms with E-state index < -0.39 is 5.82 Å². The molecular formula is C27H31FN4O3S2. The Bertz CT molecular complexity index is 1280. The number of rotatable bonds is 6. The van der Waals surface area contributed by atoms with Crippen LogP contribution in [0.1, 0.15) is 55.0 Å². The molecule has 7 nitrogen and oxygen atoms in total. The minimum atomic E-state index is -0.399. The van der Waals surface area contributed by atoms with Crippen LogP contribution in [0.25, 0.3) is 5.69 Å². The Balaban J connectivity index is 1.63. The molecule has 37 heavy (non-hydrogen) atoms. The molecule has 0 bridgehead atoms. The number of thioether (sulfide) groups is 1. The highest BCUT2D eigenvalue weighted by Crippen LogP contribution is 2.49. The van der Waals surface area contributed by atoms with E-state index in [1.165, 1.54) is 28.8 Å². The Labute approximate surface area is 224 Å². The molecule has 10 heteroatoms. The molecule has 3 aromatic rings. The van der Waals surface area contributed by atoms with Crippen molar-refractivity contribution in [2.45, 2.75) is 50.4 Å². The van der Waals surface area contributed by atoms with Gasteiger partial charge in [0.1, 0.15) is 18.2 Å². The van der Waals surface area contributed by atoms with Crippen molar-refractivity contribution in [2.24, 2.45) is 0 Å². The van der Waals surface area contributed by atoms with Crippen LogP contribution in [0, 0.1) is 5.82 Å². The van der Waals surface area contributed by atoms with Crippen molar-refractivity contribution >= 4 is 40.7 Å². The highest BCUT2D eigenvalue weighted by Gasteiger charge is 2.40. The summed E-state index contributed by atoms with van der Waals surface area (Å²) in [5, 5.41) is 9.79. The van der Waals surface area contributed by atoms with E-state index in [0.717, 1.165) is 29.0 Å². The molecule has 1 aromatic carbocycles. The minimum Gasteiger partial charge on any atom is -0.376 e. The van der Waals surface area contributed by atoms with Gasteiger partial charge in [-0.3, -0.25) is 14.5 Å². The number of benzene rings is 1.